The minimum absolute atomic E-state index is 0.0535. The van der Waals surface area contributed by atoms with Crippen LogP contribution in [0.4, 0.5) is 13.9 Å². The van der Waals surface area contributed by atoms with Crippen molar-refractivity contribution >= 4 is 22.4 Å². The number of benzene rings is 1. The quantitative estimate of drug-likeness (QED) is 0.392. The van der Waals surface area contributed by atoms with Gasteiger partial charge in [-0.25, -0.2) is 9.37 Å². The maximum Gasteiger partial charge on any atom is 0.258 e. The summed E-state index contributed by atoms with van der Waals surface area (Å²) in [6.07, 6.45) is 2.47. The first-order valence-electron chi connectivity index (χ1n) is 11.5. The van der Waals surface area contributed by atoms with Crippen molar-refractivity contribution in [2.24, 2.45) is 0 Å². The van der Waals surface area contributed by atoms with Gasteiger partial charge in [-0.1, -0.05) is 0 Å². The van der Waals surface area contributed by atoms with Crippen LogP contribution >= 0.6 is 11.3 Å². The summed E-state index contributed by atoms with van der Waals surface area (Å²) in [4.78, 5) is 18.9. The summed E-state index contributed by atoms with van der Waals surface area (Å²) in [6, 6.07) is 2.42. The van der Waals surface area contributed by atoms with Gasteiger partial charge in [-0.3, -0.25) is 4.79 Å². The van der Waals surface area contributed by atoms with Crippen LogP contribution in [0.25, 0.3) is 11.3 Å². The van der Waals surface area contributed by atoms with Crippen LogP contribution < -0.4 is 15.0 Å². The molecule has 0 radical (unpaired) electrons. The van der Waals surface area contributed by atoms with Crippen molar-refractivity contribution in [1.82, 2.24) is 10.3 Å². The third-order valence-corrected chi connectivity index (χ3v) is 6.56. The Morgan fingerprint density at radius 3 is 2.66 bits per heavy atom. The Kier molecular flexibility index (Phi) is 9.21. The van der Waals surface area contributed by atoms with Gasteiger partial charge in [0.15, 0.2) is 23.3 Å². The number of aromatic nitrogens is 1. The monoisotopic (exact) mass is 513 g/mol. The van der Waals surface area contributed by atoms with E-state index in [4.69, 9.17) is 24.1 Å². The Bertz CT molecular complexity index is 982. The van der Waals surface area contributed by atoms with Gasteiger partial charge in [-0.15, -0.1) is 11.3 Å². The number of halogens is 2. The molecule has 2 saturated heterocycles. The van der Waals surface area contributed by atoms with Gasteiger partial charge in [0.25, 0.3) is 5.91 Å². The lowest BCUT2D eigenvalue weighted by Gasteiger charge is -2.31. The number of nitrogens with one attached hydrogen (secondary N) is 1. The van der Waals surface area contributed by atoms with E-state index in [-0.39, 0.29) is 49.9 Å². The number of rotatable bonds is 13. The predicted octanol–water partition coefficient (Wildman–Crippen LogP) is 1.98. The van der Waals surface area contributed by atoms with E-state index in [1.807, 2.05) is 0 Å². The minimum Gasteiger partial charge on any atom is -0.480 e. The van der Waals surface area contributed by atoms with Crippen LogP contribution in [0.2, 0.25) is 0 Å². The zero-order chi connectivity index (χ0) is 24.6. The number of hydrogen-bond donors (Lipinski definition) is 2. The highest BCUT2D eigenvalue weighted by Gasteiger charge is 2.35. The molecule has 2 aliphatic rings. The normalized spacial score (nSPS) is 19.2. The van der Waals surface area contributed by atoms with Gasteiger partial charge in [0, 0.05) is 30.6 Å². The Balaban J connectivity index is 1.32. The molecule has 1 amide bonds. The van der Waals surface area contributed by atoms with E-state index in [0.29, 0.717) is 18.9 Å². The summed E-state index contributed by atoms with van der Waals surface area (Å²) >= 11 is 1.42. The zero-order valence-electron chi connectivity index (χ0n) is 19.2. The summed E-state index contributed by atoms with van der Waals surface area (Å²) in [6.45, 7) is 2.34. The molecule has 3 heterocycles. The molecule has 0 spiro atoms. The van der Waals surface area contributed by atoms with Crippen LogP contribution in [-0.2, 0) is 19.0 Å². The molecule has 2 unspecified atom stereocenters. The van der Waals surface area contributed by atoms with E-state index in [1.165, 1.54) is 17.4 Å². The van der Waals surface area contributed by atoms with E-state index in [1.54, 1.807) is 5.38 Å². The van der Waals surface area contributed by atoms with E-state index < -0.39 is 24.1 Å². The third-order valence-electron chi connectivity index (χ3n) is 5.66. The fourth-order valence-electron chi connectivity index (χ4n) is 4.02. The smallest absolute Gasteiger partial charge is 0.258 e. The molecule has 9 nitrogen and oxygen atoms in total. The van der Waals surface area contributed by atoms with Crippen LogP contribution in [0.1, 0.15) is 12.8 Å². The summed E-state index contributed by atoms with van der Waals surface area (Å²) in [5.74, 6) is -3.08. The molecule has 2 aromatic rings. The van der Waals surface area contributed by atoms with Crippen LogP contribution in [-0.4, -0.2) is 87.5 Å². The van der Waals surface area contributed by atoms with Crippen molar-refractivity contribution < 1.29 is 37.6 Å². The molecule has 192 valence electrons. The Morgan fingerprint density at radius 1 is 1.17 bits per heavy atom. The number of aliphatic hydroxyl groups excluding tert-OH is 1. The van der Waals surface area contributed by atoms with Crippen molar-refractivity contribution in [3.63, 3.8) is 0 Å². The van der Waals surface area contributed by atoms with Crippen molar-refractivity contribution in [2.45, 2.75) is 25.0 Å². The number of carbonyl (C=O) groups is 1. The lowest BCUT2D eigenvalue weighted by molar-refractivity contribution is -0.123. The zero-order valence-corrected chi connectivity index (χ0v) is 20.0. The highest BCUT2D eigenvalue weighted by Crippen LogP contribution is 2.38. The maximum absolute atomic E-state index is 14.6. The number of amides is 1. The van der Waals surface area contributed by atoms with Gasteiger partial charge in [0.1, 0.15) is 0 Å². The molecular weight excluding hydrogens is 484 g/mol. The number of morpholine rings is 1. The minimum atomic E-state index is -1.17. The largest absolute Gasteiger partial charge is 0.480 e. The molecular formula is C23H29F2N3O6S. The Labute approximate surface area is 205 Å². The molecule has 0 saturated carbocycles. The molecule has 12 heteroatoms. The lowest BCUT2D eigenvalue weighted by Crippen LogP contribution is -2.42. The number of anilines is 1. The SMILES string of the molecule is O=C(COc1c(-c2csc(N3CC4CCC(C3)O4)n2)ccc(F)c1F)NCCOCCOCCO. The number of ether oxygens (including phenoxy) is 4. The summed E-state index contributed by atoms with van der Waals surface area (Å²) in [7, 11) is 0. The molecule has 2 atom stereocenters. The highest BCUT2D eigenvalue weighted by molar-refractivity contribution is 7.14. The number of carbonyl (C=O) groups excluding carboxylic acids is 1. The fraction of sp³-hybridized carbons (Fsp3) is 0.565. The second-order valence-electron chi connectivity index (χ2n) is 8.20. The number of fused-ring (bicyclic) bond motifs is 2. The van der Waals surface area contributed by atoms with Crippen LogP contribution in [0, 0.1) is 11.6 Å². The van der Waals surface area contributed by atoms with E-state index >= 15 is 0 Å². The number of aliphatic hydroxyl groups is 1. The second-order valence-corrected chi connectivity index (χ2v) is 9.04. The summed E-state index contributed by atoms with van der Waals surface area (Å²) in [5, 5.41) is 13.8. The lowest BCUT2D eigenvalue weighted by atomic mass is 10.1. The molecule has 2 N–H and O–H groups in total. The van der Waals surface area contributed by atoms with Crippen LogP contribution in [0.15, 0.2) is 17.5 Å². The van der Waals surface area contributed by atoms with Gasteiger partial charge >= 0.3 is 0 Å². The Morgan fingerprint density at radius 2 is 1.91 bits per heavy atom. The van der Waals surface area contributed by atoms with Crippen LogP contribution in [0.5, 0.6) is 5.75 Å². The Hall–Kier alpha value is -2.38. The average molecular weight is 514 g/mol. The predicted molar refractivity (Wildman–Crippen MR) is 125 cm³/mol. The standard InChI is InChI=1S/C23H29F2N3O6S/c24-18-4-3-17(19-14-35-23(27-19)28-11-15-1-2-16(12-28)34-15)22(21(18)25)33-13-20(30)26-5-7-31-9-10-32-8-6-29/h3-4,14-16,29H,1-2,5-13H2,(H,26,30). The highest BCUT2D eigenvalue weighted by atomic mass is 32.1. The van der Waals surface area contributed by atoms with Crippen molar-refractivity contribution in [2.75, 3.05) is 64.2 Å². The molecule has 2 fully saturated rings. The summed E-state index contributed by atoms with van der Waals surface area (Å²) < 4.78 is 50.2. The van der Waals surface area contributed by atoms with Gasteiger partial charge in [0.2, 0.25) is 5.82 Å². The first-order valence-corrected chi connectivity index (χ1v) is 12.4. The molecule has 4 rings (SSSR count). The fourth-order valence-corrected chi connectivity index (χ4v) is 4.86. The average Bonchev–Trinajstić information content (AvgIpc) is 3.48. The van der Waals surface area contributed by atoms with Gasteiger partial charge in [-0.2, -0.15) is 4.39 Å². The molecule has 2 aliphatic heterocycles. The van der Waals surface area contributed by atoms with Gasteiger partial charge in [-0.05, 0) is 25.0 Å². The number of hydrogen-bond acceptors (Lipinski definition) is 9. The van der Waals surface area contributed by atoms with Gasteiger partial charge < -0.3 is 34.3 Å². The van der Waals surface area contributed by atoms with Gasteiger partial charge in [0.05, 0.1) is 50.9 Å². The first-order chi connectivity index (χ1) is 17.0. The number of nitrogens with zero attached hydrogens (tertiary/aromatic N) is 2. The molecule has 1 aromatic heterocycles. The van der Waals surface area contributed by atoms with Crippen molar-refractivity contribution in [3.05, 3.63) is 29.1 Å². The van der Waals surface area contributed by atoms with E-state index in [2.05, 4.69) is 15.2 Å². The van der Waals surface area contributed by atoms with Crippen LogP contribution in [0.3, 0.4) is 0 Å². The van der Waals surface area contributed by atoms with E-state index in [0.717, 1.165) is 37.1 Å². The number of thiazole rings is 1. The molecule has 0 aliphatic carbocycles. The molecule has 1 aromatic carbocycles. The molecule has 35 heavy (non-hydrogen) atoms. The molecule has 2 bridgehead atoms. The maximum atomic E-state index is 14.6. The third kappa shape index (κ3) is 6.85. The topological polar surface area (TPSA) is 102 Å². The summed E-state index contributed by atoms with van der Waals surface area (Å²) in [5.41, 5.74) is 0.733. The van der Waals surface area contributed by atoms with Crippen molar-refractivity contribution in [3.8, 4) is 17.0 Å². The first kappa shape index (κ1) is 25.7. The van der Waals surface area contributed by atoms with Crippen molar-refractivity contribution in [1.29, 1.82) is 0 Å². The van der Waals surface area contributed by atoms with E-state index in [9.17, 15) is 13.6 Å². The second kappa shape index (κ2) is 12.5.